The summed E-state index contributed by atoms with van der Waals surface area (Å²) >= 11 is 3.40. The van der Waals surface area contributed by atoms with E-state index in [-0.39, 0.29) is 0 Å². The fourth-order valence-corrected chi connectivity index (χ4v) is 1.69. The molecule has 0 aromatic carbocycles. The molecule has 0 saturated carbocycles. The van der Waals surface area contributed by atoms with E-state index in [9.17, 15) is 0 Å². The van der Waals surface area contributed by atoms with Gasteiger partial charge in [-0.2, -0.15) is 0 Å². The zero-order valence-electron chi connectivity index (χ0n) is 7.71. The van der Waals surface area contributed by atoms with Crippen LogP contribution in [0.2, 0.25) is 19.6 Å². The number of halogens is 1. The van der Waals surface area contributed by atoms with Gasteiger partial charge in [0, 0.05) is 11.8 Å². The summed E-state index contributed by atoms with van der Waals surface area (Å²) in [6.45, 7) is 6.85. The molecule has 0 spiro atoms. The second kappa shape index (κ2) is 5.85. The van der Waals surface area contributed by atoms with Crippen molar-refractivity contribution in [3.8, 4) is 11.5 Å². The van der Waals surface area contributed by atoms with Gasteiger partial charge in [0.05, 0.1) is 0 Å². The predicted octanol–water partition coefficient (Wildman–Crippen LogP) is 3.43. The van der Waals surface area contributed by atoms with E-state index in [1.807, 2.05) is 0 Å². The van der Waals surface area contributed by atoms with E-state index in [1.54, 1.807) is 0 Å². The molecule has 0 bridgehead atoms. The highest BCUT2D eigenvalue weighted by atomic mass is 79.9. The Kier molecular flexibility index (Phi) is 5.99. The first kappa shape index (κ1) is 11.3. The summed E-state index contributed by atoms with van der Waals surface area (Å²) in [5.74, 6) is 3.25. The van der Waals surface area contributed by atoms with Crippen LogP contribution in [0.3, 0.4) is 0 Å². The normalized spacial score (nSPS) is 10.5. The molecule has 64 valence electrons. The maximum atomic E-state index is 3.40. The lowest BCUT2D eigenvalue weighted by Crippen LogP contribution is -2.16. The van der Waals surface area contributed by atoms with Crippen LogP contribution in [0, 0.1) is 11.5 Å². The Morgan fingerprint density at radius 2 is 1.82 bits per heavy atom. The highest BCUT2D eigenvalue weighted by molar-refractivity contribution is 9.09. The summed E-state index contributed by atoms with van der Waals surface area (Å²) in [7, 11) is -1.09. The SMILES string of the molecule is C[Si](C)(C)C#CCCCCBr. The predicted molar refractivity (Wildman–Crippen MR) is 58.8 cm³/mol. The zero-order chi connectivity index (χ0) is 8.74. The molecular weight excluding hydrogens is 216 g/mol. The van der Waals surface area contributed by atoms with Crippen LogP contribution in [0.4, 0.5) is 0 Å². The van der Waals surface area contributed by atoms with E-state index in [0.717, 1.165) is 11.8 Å². The van der Waals surface area contributed by atoms with Gasteiger partial charge in [-0.1, -0.05) is 35.6 Å². The highest BCUT2D eigenvalue weighted by Gasteiger charge is 2.06. The molecule has 0 aromatic rings. The van der Waals surface area contributed by atoms with Crippen LogP contribution in [0.5, 0.6) is 0 Å². The third-order valence-electron chi connectivity index (χ3n) is 1.15. The molecule has 0 saturated heterocycles. The van der Waals surface area contributed by atoms with Crippen LogP contribution in [-0.2, 0) is 0 Å². The summed E-state index contributed by atoms with van der Waals surface area (Å²) in [6.07, 6.45) is 3.57. The van der Waals surface area contributed by atoms with E-state index in [0.29, 0.717) is 0 Å². The van der Waals surface area contributed by atoms with E-state index in [1.165, 1.54) is 12.8 Å². The maximum Gasteiger partial charge on any atom is 0.129 e. The fourth-order valence-electron chi connectivity index (χ4n) is 0.636. The summed E-state index contributed by atoms with van der Waals surface area (Å²) < 4.78 is 0. The molecule has 0 nitrogen and oxygen atoms in total. The minimum atomic E-state index is -1.09. The Bertz CT molecular complexity index is 147. The molecule has 0 aliphatic heterocycles. The van der Waals surface area contributed by atoms with Gasteiger partial charge >= 0.3 is 0 Å². The Labute approximate surface area is 79.9 Å². The number of hydrogen-bond donors (Lipinski definition) is 0. The van der Waals surface area contributed by atoms with Crippen molar-refractivity contribution in [3.63, 3.8) is 0 Å². The molecule has 0 aromatic heterocycles. The summed E-state index contributed by atoms with van der Waals surface area (Å²) in [6, 6.07) is 0. The van der Waals surface area contributed by atoms with Crippen LogP contribution in [-0.4, -0.2) is 13.4 Å². The third kappa shape index (κ3) is 10.3. The van der Waals surface area contributed by atoms with Gasteiger partial charge in [0.25, 0.3) is 0 Å². The Morgan fingerprint density at radius 1 is 1.18 bits per heavy atom. The lowest BCUT2D eigenvalue weighted by molar-refractivity contribution is 0.841. The summed E-state index contributed by atoms with van der Waals surface area (Å²) in [5, 5.41) is 1.11. The zero-order valence-corrected chi connectivity index (χ0v) is 10.3. The Balaban J connectivity index is 3.41. The van der Waals surface area contributed by atoms with Crippen molar-refractivity contribution in [2.24, 2.45) is 0 Å². The molecule has 11 heavy (non-hydrogen) atoms. The van der Waals surface area contributed by atoms with E-state index < -0.39 is 8.07 Å². The molecule has 0 atom stereocenters. The second-order valence-electron chi connectivity index (χ2n) is 3.70. The molecule has 0 aliphatic carbocycles. The summed E-state index contributed by atoms with van der Waals surface area (Å²) in [5.41, 5.74) is 3.35. The highest BCUT2D eigenvalue weighted by Crippen LogP contribution is 1.99. The quantitative estimate of drug-likeness (QED) is 0.303. The Hall–Kier alpha value is 0.257. The van der Waals surface area contributed by atoms with Crippen LogP contribution >= 0.6 is 15.9 Å². The minimum absolute atomic E-state index is 1.08. The third-order valence-corrected chi connectivity index (χ3v) is 2.64. The molecule has 0 aliphatic rings. The Morgan fingerprint density at radius 3 is 2.27 bits per heavy atom. The average Bonchev–Trinajstić information content (AvgIpc) is 1.85. The first-order valence-electron chi connectivity index (χ1n) is 4.12. The van der Waals surface area contributed by atoms with E-state index in [2.05, 4.69) is 47.0 Å². The van der Waals surface area contributed by atoms with Crippen molar-refractivity contribution < 1.29 is 0 Å². The van der Waals surface area contributed by atoms with Gasteiger partial charge in [0.2, 0.25) is 0 Å². The van der Waals surface area contributed by atoms with Gasteiger partial charge in [-0.05, 0) is 12.8 Å². The van der Waals surface area contributed by atoms with Crippen molar-refractivity contribution in [1.82, 2.24) is 0 Å². The maximum absolute atomic E-state index is 3.40. The van der Waals surface area contributed by atoms with E-state index in [4.69, 9.17) is 0 Å². The van der Waals surface area contributed by atoms with Gasteiger partial charge in [-0.25, -0.2) is 0 Å². The van der Waals surface area contributed by atoms with Gasteiger partial charge in [-0.15, -0.1) is 11.5 Å². The van der Waals surface area contributed by atoms with Crippen LogP contribution in [0.25, 0.3) is 0 Å². The summed E-state index contributed by atoms with van der Waals surface area (Å²) in [4.78, 5) is 0. The standard InChI is InChI=1S/C9H17BrSi/c1-11(2,3)9-7-5-4-6-8-10/h4-6,8H2,1-3H3. The minimum Gasteiger partial charge on any atom is -0.132 e. The second-order valence-corrected chi connectivity index (χ2v) is 9.24. The molecule has 0 N–H and O–H groups in total. The molecule has 0 rings (SSSR count). The van der Waals surface area contributed by atoms with Crippen molar-refractivity contribution in [2.45, 2.75) is 38.9 Å². The number of unbranched alkanes of at least 4 members (excludes halogenated alkanes) is 2. The first-order valence-corrected chi connectivity index (χ1v) is 8.74. The van der Waals surface area contributed by atoms with Crippen molar-refractivity contribution in [3.05, 3.63) is 0 Å². The lowest BCUT2D eigenvalue weighted by Gasteiger charge is -2.02. The van der Waals surface area contributed by atoms with Crippen molar-refractivity contribution >= 4 is 24.0 Å². The van der Waals surface area contributed by atoms with Gasteiger partial charge < -0.3 is 0 Å². The van der Waals surface area contributed by atoms with Crippen LogP contribution < -0.4 is 0 Å². The largest absolute Gasteiger partial charge is 0.132 e. The average molecular weight is 233 g/mol. The number of rotatable bonds is 3. The van der Waals surface area contributed by atoms with Crippen molar-refractivity contribution in [2.75, 3.05) is 5.33 Å². The topological polar surface area (TPSA) is 0 Å². The molecule has 0 amide bonds. The van der Waals surface area contributed by atoms with Crippen LogP contribution in [0.15, 0.2) is 0 Å². The molecule has 0 unspecified atom stereocenters. The van der Waals surface area contributed by atoms with Gasteiger partial charge in [0.15, 0.2) is 0 Å². The van der Waals surface area contributed by atoms with E-state index >= 15 is 0 Å². The van der Waals surface area contributed by atoms with Crippen LogP contribution in [0.1, 0.15) is 19.3 Å². The molecule has 2 heteroatoms. The van der Waals surface area contributed by atoms with Gasteiger partial charge in [-0.3, -0.25) is 0 Å². The van der Waals surface area contributed by atoms with Gasteiger partial charge in [0.1, 0.15) is 8.07 Å². The smallest absolute Gasteiger partial charge is 0.129 e. The monoisotopic (exact) mass is 232 g/mol. The molecular formula is C9H17BrSi. The van der Waals surface area contributed by atoms with Crippen molar-refractivity contribution in [1.29, 1.82) is 0 Å². The molecule has 0 heterocycles. The number of alkyl halides is 1. The first-order chi connectivity index (χ1) is 5.06. The fraction of sp³-hybridized carbons (Fsp3) is 0.778. The molecule has 0 radical (unpaired) electrons. The number of hydrogen-bond acceptors (Lipinski definition) is 0. The lowest BCUT2D eigenvalue weighted by atomic mass is 10.3. The molecule has 0 fully saturated rings.